The van der Waals surface area contributed by atoms with Crippen LogP contribution in [-0.4, -0.2) is 20.3 Å². The van der Waals surface area contributed by atoms with Crippen molar-refractivity contribution in [3.05, 3.63) is 28.6 Å². The highest BCUT2D eigenvalue weighted by Crippen LogP contribution is 2.20. The van der Waals surface area contributed by atoms with E-state index in [1.807, 2.05) is 0 Å². The molecule has 0 aliphatic carbocycles. The Kier molecular flexibility index (Phi) is 2.98. The Balaban J connectivity index is 2.07. The average Bonchev–Trinajstić information content (AvgIpc) is 2.72. The van der Waals surface area contributed by atoms with E-state index in [1.165, 1.54) is 6.39 Å². The van der Waals surface area contributed by atoms with Gasteiger partial charge in [0.2, 0.25) is 6.39 Å². The Morgan fingerprint density at radius 3 is 2.93 bits per heavy atom. The van der Waals surface area contributed by atoms with Crippen LogP contribution in [0.4, 0.5) is 5.69 Å². The van der Waals surface area contributed by atoms with Crippen LogP contribution >= 0.6 is 23.2 Å². The molecule has 0 aliphatic rings. The molecule has 2 rings (SSSR count). The molecule has 2 heterocycles. The minimum absolute atomic E-state index is 0.239. The van der Waals surface area contributed by atoms with Crippen molar-refractivity contribution in [1.29, 1.82) is 0 Å². The number of nitrogens with one attached hydrogen (secondary N) is 1. The van der Waals surface area contributed by atoms with Crippen molar-refractivity contribution in [2.24, 2.45) is 0 Å². The van der Waals surface area contributed by atoms with Crippen molar-refractivity contribution in [3.63, 3.8) is 0 Å². The van der Waals surface area contributed by atoms with Crippen LogP contribution in [0, 0.1) is 0 Å². The molecule has 0 fully saturated rings. The predicted octanol–water partition coefficient (Wildman–Crippen LogP) is 1.78. The molecule has 2 aromatic heterocycles. The second-order valence-corrected chi connectivity index (χ2v) is 3.32. The summed E-state index contributed by atoms with van der Waals surface area (Å²) < 4.78 is 4.57. The Hall–Kier alpha value is -1.40. The molecule has 15 heavy (non-hydrogen) atoms. The van der Waals surface area contributed by atoms with Gasteiger partial charge in [-0.05, 0) is 0 Å². The van der Waals surface area contributed by atoms with Gasteiger partial charge in [-0.3, -0.25) is 0 Å². The van der Waals surface area contributed by atoms with Gasteiger partial charge in [0.1, 0.15) is 0 Å². The first kappa shape index (κ1) is 10.1. The molecule has 0 spiro atoms. The van der Waals surface area contributed by atoms with Crippen molar-refractivity contribution in [1.82, 2.24) is 20.3 Å². The highest BCUT2D eigenvalue weighted by Gasteiger charge is 2.05. The van der Waals surface area contributed by atoms with E-state index in [-0.39, 0.29) is 10.3 Å². The topological polar surface area (TPSA) is 76.7 Å². The molecule has 0 saturated heterocycles. The van der Waals surface area contributed by atoms with Crippen LogP contribution < -0.4 is 5.32 Å². The van der Waals surface area contributed by atoms with Crippen molar-refractivity contribution in [3.8, 4) is 0 Å². The number of halogens is 2. The predicted molar refractivity (Wildman–Crippen MR) is 53.7 cm³/mol. The molecule has 0 unspecified atom stereocenters. The van der Waals surface area contributed by atoms with Gasteiger partial charge in [-0.15, -0.1) is 10.2 Å². The molecule has 0 bridgehead atoms. The number of anilines is 1. The SMILES string of the molecule is Clc1cc(NCc2ncon2)c(Cl)nn1. The zero-order chi connectivity index (χ0) is 10.7. The number of hydrogen-bond acceptors (Lipinski definition) is 6. The number of nitrogens with zero attached hydrogens (tertiary/aromatic N) is 4. The van der Waals surface area contributed by atoms with Crippen LogP contribution in [0.3, 0.4) is 0 Å². The number of rotatable bonds is 3. The van der Waals surface area contributed by atoms with Crippen molar-refractivity contribution in [2.75, 3.05) is 5.32 Å². The third-order valence-corrected chi connectivity index (χ3v) is 2.03. The lowest BCUT2D eigenvalue weighted by Gasteiger charge is -2.04. The van der Waals surface area contributed by atoms with Crippen LogP contribution in [0.2, 0.25) is 10.3 Å². The van der Waals surface area contributed by atoms with Gasteiger partial charge in [0.15, 0.2) is 16.1 Å². The second kappa shape index (κ2) is 4.41. The molecule has 1 N–H and O–H groups in total. The Morgan fingerprint density at radius 1 is 1.33 bits per heavy atom. The first-order chi connectivity index (χ1) is 7.25. The zero-order valence-corrected chi connectivity index (χ0v) is 8.83. The van der Waals surface area contributed by atoms with Gasteiger partial charge in [0.05, 0.1) is 12.2 Å². The summed E-state index contributed by atoms with van der Waals surface area (Å²) in [5, 5.41) is 14.3. The smallest absolute Gasteiger partial charge is 0.213 e. The standard InChI is InChI=1S/C7H5Cl2N5O/c8-5-1-4(7(9)13-12-5)10-2-6-11-3-15-14-6/h1,3H,2H2,(H,10,12). The van der Waals surface area contributed by atoms with Crippen molar-refractivity contribution < 1.29 is 4.52 Å². The maximum absolute atomic E-state index is 5.78. The Morgan fingerprint density at radius 2 is 2.20 bits per heavy atom. The third kappa shape index (κ3) is 2.54. The van der Waals surface area contributed by atoms with Crippen LogP contribution in [0.15, 0.2) is 17.0 Å². The maximum atomic E-state index is 5.78. The first-order valence-electron chi connectivity index (χ1n) is 3.93. The van der Waals surface area contributed by atoms with E-state index >= 15 is 0 Å². The molecule has 8 heteroatoms. The lowest BCUT2D eigenvalue weighted by molar-refractivity contribution is 0.411. The molecule has 6 nitrogen and oxygen atoms in total. The lowest BCUT2D eigenvalue weighted by Crippen LogP contribution is -2.03. The third-order valence-electron chi connectivity index (χ3n) is 1.56. The fraction of sp³-hybridized carbons (Fsp3) is 0.143. The van der Waals surface area contributed by atoms with Crippen LogP contribution in [0.25, 0.3) is 0 Å². The summed E-state index contributed by atoms with van der Waals surface area (Å²) in [6.45, 7) is 0.373. The molecule has 0 aromatic carbocycles. The zero-order valence-electron chi connectivity index (χ0n) is 7.31. The minimum atomic E-state index is 0.239. The van der Waals surface area contributed by atoms with Gasteiger partial charge in [0, 0.05) is 6.07 Å². The molecule has 0 atom stereocenters. The molecule has 2 aromatic rings. The molecule has 78 valence electrons. The van der Waals surface area contributed by atoms with Gasteiger partial charge in [-0.25, -0.2) is 0 Å². The fourth-order valence-corrected chi connectivity index (χ4v) is 1.23. The van der Waals surface area contributed by atoms with Crippen LogP contribution in [-0.2, 0) is 6.54 Å². The normalized spacial score (nSPS) is 10.3. The molecule has 0 radical (unpaired) electrons. The van der Waals surface area contributed by atoms with Gasteiger partial charge in [-0.2, -0.15) is 4.98 Å². The fourth-order valence-electron chi connectivity index (χ4n) is 0.922. The summed E-state index contributed by atoms with van der Waals surface area (Å²) in [5.74, 6) is 0.513. The van der Waals surface area contributed by atoms with E-state index in [0.29, 0.717) is 18.1 Å². The monoisotopic (exact) mass is 245 g/mol. The van der Waals surface area contributed by atoms with Gasteiger partial charge in [-0.1, -0.05) is 28.4 Å². The highest BCUT2D eigenvalue weighted by atomic mass is 35.5. The maximum Gasteiger partial charge on any atom is 0.213 e. The van der Waals surface area contributed by atoms with Gasteiger partial charge >= 0.3 is 0 Å². The number of aromatic nitrogens is 4. The lowest BCUT2D eigenvalue weighted by atomic mass is 10.4. The van der Waals surface area contributed by atoms with E-state index in [9.17, 15) is 0 Å². The second-order valence-electron chi connectivity index (χ2n) is 2.57. The summed E-state index contributed by atoms with van der Waals surface area (Å²) in [6, 6.07) is 1.57. The molecule has 0 saturated carbocycles. The highest BCUT2D eigenvalue weighted by molar-refractivity contribution is 6.33. The summed E-state index contributed by atoms with van der Waals surface area (Å²) in [4.78, 5) is 3.83. The summed E-state index contributed by atoms with van der Waals surface area (Å²) in [7, 11) is 0. The molecule has 0 amide bonds. The Bertz CT molecular complexity index is 447. The van der Waals surface area contributed by atoms with Crippen molar-refractivity contribution in [2.45, 2.75) is 6.54 Å². The van der Waals surface area contributed by atoms with Gasteiger partial charge in [0.25, 0.3) is 0 Å². The summed E-state index contributed by atoms with van der Waals surface area (Å²) in [6.07, 6.45) is 1.25. The molecule has 0 aliphatic heterocycles. The summed E-state index contributed by atoms with van der Waals surface area (Å²) in [5.41, 5.74) is 0.571. The van der Waals surface area contributed by atoms with E-state index in [1.54, 1.807) is 6.07 Å². The number of hydrogen-bond donors (Lipinski definition) is 1. The minimum Gasteiger partial charge on any atom is -0.375 e. The van der Waals surface area contributed by atoms with E-state index in [0.717, 1.165) is 0 Å². The first-order valence-corrected chi connectivity index (χ1v) is 4.69. The summed E-state index contributed by atoms with van der Waals surface area (Å²) >= 11 is 11.4. The average molecular weight is 246 g/mol. The Labute approximate surface area is 94.6 Å². The molecular weight excluding hydrogens is 241 g/mol. The van der Waals surface area contributed by atoms with Crippen LogP contribution in [0.5, 0.6) is 0 Å². The largest absolute Gasteiger partial charge is 0.375 e. The van der Waals surface area contributed by atoms with E-state index < -0.39 is 0 Å². The van der Waals surface area contributed by atoms with E-state index in [4.69, 9.17) is 23.2 Å². The van der Waals surface area contributed by atoms with Crippen molar-refractivity contribution >= 4 is 28.9 Å². The molecular formula is C7H5Cl2N5O. The van der Waals surface area contributed by atoms with Gasteiger partial charge < -0.3 is 9.84 Å². The quantitative estimate of drug-likeness (QED) is 0.889. The van der Waals surface area contributed by atoms with E-state index in [2.05, 4.69) is 30.2 Å². The van der Waals surface area contributed by atoms with Crippen LogP contribution in [0.1, 0.15) is 5.82 Å².